The fraction of sp³-hybridized carbons (Fsp3) is 0.400. The Bertz CT molecular complexity index is 682. The highest BCUT2D eigenvalue weighted by atomic mass is 16.5. The lowest BCUT2D eigenvalue weighted by Gasteiger charge is -2.24. The molecule has 5 heteroatoms. The predicted molar refractivity (Wildman–Crippen MR) is 102 cm³/mol. The van der Waals surface area contributed by atoms with Crippen LogP contribution in [0.3, 0.4) is 0 Å². The Morgan fingerprint density at radius 1 is 1.04 bits per heavy atom. The first-order valence-corrected chi connectivity index (χ1v) is 8.96. The van der Waals surface area contributed by atoms with Gasteiger partial charge in [0.25, 0.3) is 0 Å². The highest BCUT2D eigenvalue weighted by Gasteiger charge is 2.25. The third-order valence-electron chi connectivity index (χ3n) is 4.60. The van der Waals surface area contributed by atoms with Gasteiger partial charge in [0.15, 0.2) is 0 Å². The molecule has 1 saturated heterocycles. The molecule has 1 heterocycles. The number of ether oxygens (including phenoxy) is 2. The second-order valence-corrected chi connectivity index (χ2v) is 6.56. The van der Waals surface area contributed by atoms with Crippen molar-refractivity contribution in [1.82, 2.24) is 5.32 Å². The van der Waals surface area contributed by atoms with Gasteiger partial charge in [-0.2, -0.15) is 0 Å². The molecule has 0 spiro atoms. The van der Waals surface area contributed by atoms with Crippen LogP contribution < -0.4 is 26.3 Å². The summed E-state index contributed by atoms with van der Waals surface area (Å²) in [5.41, 5.74) is 12.6. The molecule has 0 aliphatic carbocycles. The third kappa shape index (κ3) is 4.57. The number of nitrogens with one attached hydrogen (secondary N) is 1. The van der Waals surface area contributed by atoms with Gasteiger partial charge < -0.3 is 26.3 Å². The van der Waals surface area contributed by atoms with Crippen molar-refractivity contribution in [3.05, 3.63) is 42.5 Å². The Kier molecular flexibility index (Phi) is 5.66. The molecular weight excluding hydrogens is 314 g/mol. The molecule has 1 aliphatic rings. The molecule has 5 N–H and O–H groups in total. The molecule has 0 amide bonds. The molecule has 2 aromatic rings. The number of nitrogens with two attached hydrogens (primary N) is 2. The minimum Gasteiger partial charge on any atom is -0.490 e. The minimum absolute atomic E-state index is 0.267. The summed E-state index contributed by atoms with van der Waals surface area (Å²) in [4.78, 5) is 0. The molecule has 2 aromatic carbocycles. The van der Waals surface area contributed by atoms with Gasteiger partial charge in [0.2, 0.25) is 0 Å². The summed E-state index contributed by atoms with van der Waals surface area (Å²) in [6.07, 6.45) is 3.66. The van der Waals surface area contributed by atoms with E-state index in [1.54, 1.807) is 18.2 Å². The molecule has 2 unspecified atom stereocenters. The zero-order chi connectivity index (χ0) is 17.6. The normalized spacial score (nSPS) is 18.0. The van der Waals surface area contributed by atoms with Crippen LogP contribution in [0.1, 0.15) is 26.2 Å². The Morgan fingerprint density at radius 2 is 1.76 bits per heavy atom. The average Bonchev–Trinajstić information content (AvgIpc) is 3.14. The molecule has 1 aliphatic heterocycles. The van der Waals surface area contributed by atoms with Gasteiger partial charge in [-0.3, -0.25) is 0 Å². The Balaban J connectivity index is 1.63. The Labute approximate surface area is 149 Å². The maximum atomic E-state index is 6.25. The van der Waals surface area contributed by atoms with Gasteiger partial charge in [-0.1, -0.05) is 13.3 Å². The molecule has 0 aromatic heterocycles. The van der Waals surface area contributed by atoms with Crippen molar-refractivity contribution in [3.8, 4) is 17.2 Å². The number of anilines is 2. The molecule has 0 radical (unpaired) electrons. The van der Waals surface area contributed by atoms with Crippen LogP contribution in [-0.2, 0) is 0 Å². The smallest absolute Gasteiger partial charge is 0.129 e. The van der Waals surface area contributed by atoms with E-state index in [2.05, 4.69) is 12.2 Å². The highest BCUT2D eigenvalue weighted by Crippen LogP contribution is 2.29. The van der Waals surface area contributed by atoms with Gasteiger partial charge in [-0.15, -0.1) is 0 Å². The van der Waals surface area contributed by atoms with Crippen molar-refractivity contribution in [2.75, 3.05) is 24.6 Å². The standard InChI is InChI=1S/C20H27N3O2/c1-2-3-20(14-10-11-23-13-14)25-16-6-4-15(5-7-16)24-17-8-9-18(21)19(22)12-17/h4-9,12,14,20,23H,2-3,10-11,13,21-22H2,1H3. The van der Waals surface area contributed by atoms with Crippen molar-refractivity contribution in [3.63, 3.8) is 0 Å². The Hall–Kier alpha value is -2.40. The lowest BCUT2D eigenvalue weighted by molar-refractivity contribution is 0.132. The third-order valence-corrected chi connectivity index (χ3v) is 4.60. The predicted octanol–water partition coefficient (Wildman–Crippen LogP) is 3.80. The number of rotatable bonds is 7. The summed E-state index contributed by atoms with van der Waals surface area (Å²) in [5.74, 6) is 2.88. The first kappa shape index (κ1) is 17.4. The van der Waals surface area contributed by atoms with Crippen molar-refractivity contribution in [2.45, 2.75) is 32.3 Å². The SMILES string of the molecule is CCCC(Oc1ccc(Oc2ccc(N)c(N)c2)cc1)C1CCNC1. The summed E-state index contributed by atoms with van der Waals surface area (Å²) < 4.78 is 12.1. The number of nitrogen functional groups attached to an aromatic ring is 2. The van der Waals surface area contributed by atoms with E-state index in [9.17, 15) is 0 Å². The van der Waals surface area contributed by atoms with E-state index in [0.29, 0.717) is 23.0 Å². The highest BCUT2D eigenvalue weighted by molar-refractivity contribution is 5.65. The number of hydrogen-bond acceptors (Lipinski definition) is 5. The van der Waals surface area contributed by atoms with Crippen LogP contribution in [-0.4, -0.2) is 19.2 Å². The first-order chi connectivity index (χ1) is 12.2. The van der Waals surface area contributed by atoms with Gasteiger partial charge in [0, 0.05) is 18.5 Å². The molecule has 1 fully saturated rings. The van der Waals surface area contributed by atoms with E-state index in [-0.39, 0.29) is 6.10 Å². The van der Waals surface area contributed by atoms with E-state index in [0.717, 1.165) is 37.4 Å². The zero-order valence-electron chi connectivity index (χ0n) is 14.7. The lowest BCUT2D eigenvalue weighted by atomic mass is 9.97. The number of benzene rings is 2. The van der Waals surface area contributed by atoms with Crippen LogP contribution in [0.2, 0.25) is 0 Å². The van der Waals surface area contributed by atoms with Crippen molar-refractivity contribution < 1.29 is 9.47 Å². The number of hydrogen-bond donors (Lipinski definition) is 3. The average molecular weight is 341 g/mol. The van der Waals surface area contributed by atoms with E-state index in [1.165, 1.54) is 6.42 Å². The molecule has 0 bridgehead atoms. The summed E-state index contributed by atoms with van der Waals surface area (Å²) >= 11 is 0. The maximum absolute atomic E-state index is 6.25. The largest absolute Gasteiger partial charge is 0.490 e. The monoisotopic (exact) mass is 341 g/mol. The minimum atomic E-state index is 0.267. The summed E-state index contributed by atoms with van der Waals surface area (Å²) in [7, 11) is 0. The van der Waals surface area contributed by atoms with E-state index in [4.69, 9.17) is 20.9 Å². The second-order valence-electron chi connectivity index (χ2n) is 6.56. The van der Waals surface area contributed by atoms with Crippen LogP contribution in [0.4, 0.5) is 11.4 Å². The van der Waals surface area contributed by atoms with E-state index >= 15 is 0 Å². The van der Waals surface area contributed by atoms with Gasteiger partial charge in [0.05, 0.1) is 11.4 Å². The van der Waals surface area contributed by atoms with Crippen LogP contribution in [0.15, 0.2) is 42.5 Å². The quantitative estimate of drug-likeness (QED) is 0.667. The second kappa shape index (κ2) is 8.12. The van der Waals surface area contributed by atoms with E-state index < -0.39 is 0 Å². The summed E-state index contributed by atoms with van der Waals surface area (Å²) in [6, 6.07) is 13.0. The van der Waals surface area contributed by atoms with E-state index in [1.807, 2.05) is 24.3 Å². The molecule has 2 atom stereocenters. The summed E-state index contributed by atoms with van der Waals surface area (Å²) in [5, 5.41) is 3.42. The lowest BCUT2D eigenvalue weighted by Crippen LogP contribution is -2.28. The van der Waals surface area contributed by atoms with Gasteiger partial charge >= 0.3 is 0 Å². The zero-order valence-corrected chi connectivity index (χ0v) is 14.7. The molecule has 5 nitrogen and oxygen atoms in total. The molecule has 0 saturated carbocycles. The van der Waals surface area contributed by atoms with Gasteiger partial charge in [-0.25, -0.2) is 0 Å². The first-order valence-electron chi connectivity index (χ1n) is 8.96. The molecular formula is C20H27N3O2. The van der Waals surface area contributed by atoms with Crippen LogP contribution in [0.25, 0.3) is 0 Å². The molecule has 25 heavy (non-hydrogen) atoms. The van der Waals surface area contributed by atoms with Gasteiger partial charge in [0.1, 0.15) is 23.4 Å². The van der Waals surface area contributed by atoms with Crippen molar-refractivity contribution in [1.29, 1.82) is 0 Å². The van der Waals surface area contributed by atoms with Crippen LogP contribution >= 0.6 is 0 Å². The van der Waals surface area contributed by atoms with Crippen molar-refractivity contribution >= 4 is 11.4 Å². The topological polar surface area (TPSA) is 82.5 Å². The molecule has 134 valence electrons. The fourth-order valence-corrected chi connectivity index (χ4v) is 3.18. The fourth-order valence-electron chi connectivity index (χ4n) is 3.18. The maximum Gasteiger partial charge on any atom is 0.129 e. The van der Waals surface area contributed by atoms with Crippen molar-refractivity contribution in [2.24, 2.45) is 5.92 Å². The van der Waals surface area contributed by atoms with Gasteiger partial charge in [-0.05, 0) is 55.8 Å². The summed E-state index contributed by atoms with van der Waals surface area (Å²) in [6.45, 7) is 4.34. The van der Waals surface area contributed by atoms with Crippen LogP contribution in [0.5, 0.6) is 17.2 Å². The molecule has 3 rings (SSSR count). The Morgan fingerprint density at radius 3 is 2.40 bits per heavy atom. The van der Waals surface area contributed by atoms with Crippen LogP contribution in [0, 0.1) is 5.92 Å².